The van der Waals surface area contributed by atoms with Gasteiger partial charge in [-0.2, -0.15) is 4.98 Å². The number of ether oxygens (including phenoxy) is 2. The van der Waals surface area contributed by atoms with Gasteiger partial charge in [0.15, 0.2) is 0 Å². The van der Waals surface area contributed by atoms with Gasteiger partial charge in [0.05, 0.1) is 27.3 Å². The Balaban J connectivity index is 1.22. The fraction of sp³-hybridized carbons (Fsp3) is 0.400. The van der Waals surface area contributed by atoms with E-state index < -0.39 is 0 Å². The maximum atomic E-state index is 12.7. The quantitative estimate of drug-likeness (QED) is 0.477. The number of amides is 1. The molecule has 9 nitrogen and oxygen atoms in total. The molecular weight excluding hydrogens is 434 g/mol. The zero-order valence-corrected chi connectivity index (χ0v) is 19.9. The maximum absolute atomic E-state index is 12.7. The number of carbonyl (C=O) groups is 1. The van der Waals surface area contributed by atoms with Crippen LogP contribution in [0.2, 0.25) is 0 Å². The van der Waals surface area contributed by atoms with Gasteiger partial charge in [-0.3, -0.25) is 14.6 Å². The lowest BCUT2D eigenvalue weighted by Crippen LogP contribution is -2.49. The van der Waals surface area contributed by atoms with Crippen LogP contribution in [0.1, 0.15) is 11.5 Å². The highest BCUT2D eigenvalue weighted by Gasteiger charge is 2.22. The molecule has 3 aromatic rings. The zero-order chi connectivity index (χ0) is 23.9. The molecule has 9 heteroatoms. The van der Waals surface area contributed by atoms with E-state index in [2.05, 4.69) is 19.9 Å². The van der Waals surface area contributed by atoms with E-state index in [1.54, 1.807) is 19.1 Å². The van der Waals surface area contributed by atoms with Gasteiger partial charge in [0, 0.05) is 45.3 Å². The van der Waals surface area contributed by atoms with E-state index in [1.807, 2.05) is 55.6 Å². The van der Waals surface area contributed by atoms with Crippen molar-refractivity contribution >= 4 is 5.91 Å². The summed E-state index contributed by atoms with van der Waals surface area (Å²) in [4.78, 5) is 23.5. The van der Waals surface area contributed by atoms with Crippen molar-refractivity contribution in [3.05, 3.63) is 60.0 Å². The molecule has 0 atom stereocenters. The van der Waals surface area contributed by atoms with Crippen molar-refractivity contribution in [3.8, 4) is 22.9 Å². The molecule has 0 saturated carbocycles. The number of piperazine rings is 1. The van der Waals surface area contributed by atoms with Crippen LogP contribution in [0.15, 0.2) is 53.1 Å². The Morgan fingerprint density at radius 3 is 2.41 bits per heavy atom. The minimum absolute atomic E-state index is 0.109. The highest BCUT2D eigenvalue weighted by atomic mass is 16.5. The number of benzene rings is 2. The smallest absolute Gasteiger partial charge is 0.241 e. The Hall–Kier alpha value is -3.43. The van der Waals surface area contributed by atoms with Crippen molar-refractivity contribution in [1.82, 2.24) is 24.8 Å². The summed E-state index contributed by atoms with van der Waals surface area (Å²) < 4.78 is 15.9. The van der Waals surface area contributed by atoms with E-state index in [0.717, 1.165) is 48.8 Å². The Bertz CT molecular complexity index is 1080. The van der Waals surface area contributed by atoms with E-state index in [4.69, 9.17) is 14.0 Å². The third-order valence-corrected chi connectivity index (χ3v) is 5.98. The number of nitrogens with zero attached hydrogens (tertiary/aromatic N) is 5. The second-order valence-corrected chi connectivity index (χ2v) is 8.39. The van der Waals surface area contributed by atoms with Gasteiger partial charge in [0.2, 0.25) is 17.6 Å². The van der Waals surface area contributed by atoms with Gasteiger partial charge in [-0.15, -0.1) is 0 Å². The Labute approximate surface area is 199 Å². The average molecular weight is 466 g/mol. The van der Waals surface area contributed by atoms with E-state index in [-0.39, 0.29) is 5.91 Å². The van der Waals surface area contributed by atoms with Gasteiger partial charge in [-0.05, 0) is 42.0 Å². The monoisotopic (exact) mass is 465 g/mol. The summed E-state index contributed by atoms with van der Waals surface area (Å²) in [6, 6.07) is 15.4. The summed E-state index contributed by atoms with van der Waals surface area (Å²) in [5, 5.41) is 4.10. The predicted octanol–water partition coefficient (Wildman–Crippen LogP) is 2.53. The Kier molecular flexibility index (Phi) is 7.76. The number of hydrogen-bond acceptors (Lipinski definition) is 8. The summed E-state index contributed by atoms with van der Waals surface area (Å²) in [5.41, 5.74) is 1.94. The predicted molar refractivity (Wildman–Crippen MR) is 127 cm³/mol. The number of aromatic nitrogens is 2. The molecule has 0 bridgehead atoms. The van der Waals surface area contributed by atoms with Crippen molar-refractivity contribution < 1.29 is 18.8 Å². The molecule has 1 saturated heterocycles. The Morgan fingerprint density at radius 2 is 1.71 bits per heavy atom. The standard InChI is InChI=1S/C25H31N5O4/c1-28(16-19-5-4-6-22(15-19)33-3)24(31)18-30-13-11-29(12-14-30)17-23-26-25(27-34-23)20-7-9-21(32-2)10-8-20/h4-10,15H,11-14,16-18H2,1-3H3. The second-order valence-electron chi connectivity index (χ2n) is 8.39. The topological polar surface area (TPSA) is 84.2 Å². The molecule has 0 N–H and O–H groups in total. The fourth-order valence-corrected chi connectivity index (χ4v) is 3.92. The van der Waals surface area contributed by atoms with Crippen LogP contribution in [-0.2, 0) is 17.9 Å². The molecule has 2 heterocycles. The van der Waals surface area contributed by atoms with Crippen molar-refractivity contribution in [2.45, 2.75) is 13.1 Å². The van der Waals surface area contributed by atoms with Crippen LogP contribution < -0.4 is 9.47 Å². The van der Waals surface area contributed by atoms with Crippen LogP contribution in [0.3, 0.4) is 0 Å². The summed E-state index contributed by atoms with van der Waals surface area (Å²) in [7, 11) is 5.12. The van der Waals surface area contributed by atoms with Gasteiger partial charge < -0.3 is 18.9 Å². The minimum atomic E-state index is 0.109. The lowest BCUT2D eigenvalue weighted by atomic mass is 10.2. The van der Waals surface area contributed by atoms with Gasteiger partial charge in [0.1, 0.15) is 11.5 Å². The lowest BCUT2D eigenvalue weighted by molar-refractivity contribution is -0.132. The molecule has 0 spiro atoms. The van der Waals surface area contributed by atoms with Crippen LogP contribution in [-0.4, -0.2) is 84.7 Å². The third kappa shape index (κ3) is 6.12. The molecule has 1 aliphatic rings. The van der Waals surface area contributed by atoms with E-state index in [1.165, 1.54) is 0 Å². The first-order valence-electron chi connectivity index (χ1n) is 11.3. The van der Waals surface area contributed by atoms with Gasteiger partial charge in [-0.25, -0.2) is 0 Å². The first-order chi connectivity index (χ1) is 16.5. The zero-order valence-electron chi connectivity index (χ0n) is 19.9. The minimum Gasteiger partial charge on any atom is -0.497 e. The van der Waals surface area contributed by atoms with Crippen molar-refractivity contribution in [3.63, 3.8) is 0 Å². The number of carbonyl (C=O) groups excluding carboxylic acids is 1. The van der Waals surface area contributed by atoms with E-state index in [0.29, 0.717) is 31.3 Å². The number of likely N-dealkylation sites (N-methyl/N-ethyl adjacent to an activating group) is 1. The largest absolute Gasteiger partial charge is 0.497 e. The molecule has 0 aliphatic carbocycles. The molecule has 2 aromatic carbocycles. The third-order valence-electron chi connectivity index (χ3n) is 5.98. The Morgan fingerprint density at radius 1 is 1.00 bits per heavy atom. The molecule has 0 unspecified atom stereocenters. The molecule has 4 rings (SSSR count). The van der Waals surface area contributed by atoms with Crippen LogP contribution in [0.5, 0.6) is 11.5 Å². The van der Waals surface area contributed by atoms with Crippen molar-refractivity contribution in [2.24, 2.45) is 0 Å². The van der Waals surface area contributed by atoms with Crippen molar-refractivity contribution in [2.75, 3.05) is 54.0 Å². The van der Waals surface area contributed by atoms with Gasteiger partial charge in [-0.1, -0.05) is 17.3 Å². The summed E-state index contributed by atoms with van der Waals surface area (Å²) >= 11 is 0. The molecular formula is C25H31N5O4. The summed E-state index contributed by atoms with van der Waals surface area (Å²) in [6.45, 7) is 4.89. The fourth-order valence-electron chi connectivity index (χ4n) is 3.92. The number of rotatable bonds is 9. The highest BCUT2D eigenvalue weighted by Crippen LogP contribution is 2.20. The van der Waals surface area contributed by atoms with Crippen LogP contribution >= 0.6 is 0 Å². The van der Waals surface area contributed by atoms with Gasteiger partial charge >= 0.3 is 0 Å². The molecule has 180 valence electrons. The van der Waals surface area contributed by atoms with Gasteiger partial charge in [0.25, 0.3) is 0 Å². The van der Waals surface area contributed by atoms with Crippen LogP contribution in [0.4, 0.5) is 0 Å². The number of hydrogen-bond donors (Lipinski definition) is 0. The van der Waals surface area contributed by atoms with E-state index in [9.17, 15) is 4.79 Å². The lowest BCUT2D eigenvalue weighted by Gasteiger charge is -2.34. The first kappa shape index (κ1) is 23.7. The second kappa shape index (κ2) is 11.1. The first-order valence-corrected chi connectivity index (χ1v) is 11.3. The maximum Gasteiger partial charge on any atom is 0.241 e. The van der Waals surface area contributed by atoms with E-state index >= 15 is 0 Å². The average Bonchev–Trinajstić information content (AvgIpc) is 3.33. The number of methoxy groups -OCH3 is 2. The highest BCUT2D eigenvalue weighted by molar-refractivity contribution is 5.78. The SMILES string of the molecule is COc1ccc(-c2noc(CN3CCN(CC(=O)N(C)Cc4cccc(OC)c4)CC3)n2)cc1. The molecule has 1 aromatic heterocycles. The molecule has 1 aliphatic heterocycles. The van der Waals surface area contributed by atoms with Crippen molar-refractivity contribution in [1.29, 1.82) is 0 Å². The molecule has 34 heavy (non-hydrogen) atoms. The normalized spacial score (nSPS) is 14.7. The molecule has 1 amide bonds. The van der Waals surface area contributed by atoms with Crippen LogP contribution in [0.25, 0.3) is 11.4 Å². The van der Waals surface area contributed by atoms with Crippen LogP contribution in [0, 0.1) is 0 Å². The summed E-state index contributed by atoms with van der Waals surface area (Å²) in [6.07, 6.45) is 0. The molecule has 0 radical (unpaired) electrons. The molecule has 1 fully saturated rings. The summed E-state index contributed by atoms with van der Waals surface area (Å²) in [5.74, 6) is 2.86.